The summed E-state index contributed by atoms with van der Waals surface area (Å²) in [5, 5.41) is 2.67. The Morgan fingerprint density at radius 3 is 2.16 bits per heavy atom. The Kier molecular flexibility index (Phi) is 9.37. The molecule has 4 rings (SSSR count). The Morgan fingerprint density at radius 1 is 0.892 bits per heavy atom. The highest BCUT2D eigenvalue weighted by Crippen LogP contribution is 2.44. The first-order valence-electron chi connectivity index (χ1n) is 11.7. The number of benzene rings is 3. The quantitative estimate of drug-likeness (QED) is 0.187. The zero-order valence-corrected chi connectivity index (χ0v) is 22.7. The van der Waals surface area contributed by atoms with Crippen LogP contribution in [0.4, 0.5) is 4.79 Å². The first-order valence-corrected chi connectivity index (χ1v) is 12.8. The topological polar surface area (TPSA) is 92.3 Å². The van der Waals surface area contributed by atoms with Gasteiger partial charge in [0.15, 0.2) is 13.6 Å². The molecule has 9 heteroatoms. The molecule has 8 nitrogen and oxygen atoms in total. The molecule has 194 valence electrons. The van der Waals surface area contributed by atoms with Crippen molar-refractivity contribution >= 4 is 34.7 Å². The Hall–Kier alpha value is -3.15. The molecule has 0 aliphatic heterocycles. The molecular formula is C28H28INO7. The van der Waals surface area contributed by atoms with Gasteiger partial charge in [0.05, 0.1) is 3.57 Å². The minimum absolute atomic E-state index is 0.0849. The number of esters is 1. The van der Waals surface area contributed by atoms with E-state index in [-0.39, 0.29) is 32.5 Å². The van der Waals surface area contributed by atoms with Crippen LogP contribution >= 0.6 is 22.6 Å². The maximum atomic E-state index is 12.8. The van der Waals surface area contributed by atoms with E-state index in [4.69, 9.17) is 23.7 Å². The third-order valence-electron chi connectivity index (χ3n) is 6.01. The molecule has 1 atom stereocenters. The zero-order chi connectivity index (χ0) is 26.2. The van der Waals surface area contributed by atoms with Gasteiger partial charge in [-0.05, 0) is 62.5 Å². The van der Waals surface area contributed by atoms with Gasteiger partial charge < -0.3 is 29.0 Å². The van der Waals surface area contributed by atoms with Gasteiger partial charge in [-0.25, -0.2) is 9.59 Å². The van der Waals surface area contributed by atoms with Crippen LogP contribution < -0.4 is 10.1 Å². The van der Waals surface area contributed by atoms with Gasteiger partial charge in [0.25, 0.3) is 0 Å². The van der Waals surface area contributed by atoms with Crippen molar-refractivity contribution in [2.24, 2.45) is 0 Å². The molecule has 0 saturated heterocycles. The lowest BCUT2D eigenvalue weighted by molar-refractivity contribution is -0.156. The molecule has 0 unspecified atom stereocenters. The second-order valence-corrected chi connectivity index (χ2v) is 9.57. The number of rotatable bonds is 11. The molecule has 1 N–H and O–H groups in total. The molecule has 1 aliphatic rings. The van der Waals surface area contributed by atoms with Crippen LogP contribution in [-0.4, -0.2) is 52.5 Å². The third kappa shape index (κ3) is 6.60. The molecule has 0 saturated carbocycles. The fraction of sp³-hybridized carbons (Fsp3) is 0.286. The van der Waals surface area contributed by atoms with Gasteiger partial charge in [-0.3, -0.25) is 0 Å². The molecular weight excluding hydrogens is 589 g/mol. The third-order valence-corrected chi connectivity index (χ3v) is 6.85. The molecule has 1 aliphatic carbocycles. The molecule has 0 radical (unpaired) electrons. The first kappa shape index (κ1) is 26.9. The molecule has 0 heterocycles. The highest BCUT2D eigenvalue weighted by Gasteiger charge is 2.30. The normalized spacial score (nSPS) is 12.8. The van der Waals surface area contributed by atoms with E-state index >= 15 is 0 Å². The number of hydrogen-bond acceptors (Lipinski definition) is 7. The van der Waals surface area contributed by atoms with Gasteiger partial charge in [-0.15, -0.1) is 0 Å². The van der Waals surface area contributed by atoms with Gasteiger partial charge >= 0.3 is 12.1 Å². The van der Waals surface area contributed by atoms with E-state index < -0.39 is 18.1 Å². The van der Waals surface area contributed by atoms with Crippen molar-refractivity contribution in [2.75, 3.05) is 34.4 Å². The van der Waals surface area contributed by atoms with E-state index in [0.29, 0.717) is 5.75 Å². The predicted octanol–water partition coefficient (Wildman–Crippen LogP) is 4.87. The molecule has 0 aromatic heterocycles. The summed E-state index contributed by atoms with van der Waals surface area (Å²) in [5.74, 6) is -0.0439. The Bertz CT molecular complexity index is 1200. The van der Waals surface area contributed by atoms with E-state index in [1.165, 1.54) is 7.11 Å². The molecule has 3 aromatic rings. The Labute approximate surface area is 229 Å². The Morgan fingerprint density at radius 2 is 1.54 bits per heavy atom. The molecule has 0 bridgehead atoms. The van der Waals surface area contributed by atoms with Crippen LogP contribution in [0.25, 0.3) is 11.1 Å². The number of nitrogens with one attached hydrogen (secondary N) is 1. The summed E-state index contributed by atoms with van der Waals surface area (Å²) in [6, 6.07) is 20.7. The van der Waals surface area contributed by atoms with Crippen molar-refractivity contribution in [1.29, 1.82) is 0 Å². The van der Waals surface area contributed by atoms with Crippen molar-refractivity contribution in [2.45, 2.75) is 18.4 Å². The standard InChI is InChI=1S/C28H28INO7/c1-33-16-36-26-12-11-18(13-24(26)29)14-25(27(31)37-17-34-2)30-28(32)35-15-23-21-9-5-3-7-19(21)20-8-4-6-10-22(20)23/h3-13,23,25H,14-17H2,1-2H3,(H,30,32)/t25-/m1/s1. The Balaban J connectivity index is 1.44. The van der Waals surface area contributed by atoms with E-state index in [0.717, 1.165) is 31.4 Å². The van der Waals surface area contributed by atoms with Gasteiger partial charge in [-0.1, -0.05) is 54.6 Å². The highest BCUT2D eigenvalue weighted by molar-refractivity contribution is 14.1. The van der Waals surface area contributed by atoms with Crippen molar-refractivity contribution in [3.8, 4) is 16.9 Å². The number of halogens is 1. The van der Waals surface area contributed by atoms with Crippen LogP contribution in [0.1, 0.15) is 22.6 Å². The minimum Gasteiger partial charge on any atom is -0.466 e. The molecule has 37 heavy (non-hydrogen) atoms. The van der Waals surface area contributed by atoms with Gasteiger partial charge in [0, 0.05) is 26.6 Å². The lowest BCUT2D eigenvalue weighted by Gasteiger charge is -2.19. The van der Waals surface area contributed by atoms with Crippen molar-refractivity contribution < 1.29 is 33.3 Å². The number of hydrogen-bond donors (Lipinski definition) is 1. The number of carbonyl (C=O) groups is 2. The SMILES string of the molecule is COCOC(=O)[C@@H](Cc1ccc(OCOC)c(I)c1)NC(=O)OCC1c2ccccc2-c2ccccc21. The van der Waals surface area contributed by atoms with Crippen LogP contribution in [0.3, 0.4) is 0 Å². The number of fused-ring (bicyclic) bond motifs is 3. The highest BCUT2D eigenvalue weighted by atomic mass is 127. The smallest absolute Gasteiger partial charge is 0.407 e. The summed E-state index contributed by atoms with van der Waals surface area (Å²) in [7, 11) is 2.97. The van der Waals surface area contributed by atoms with E-state index in [1.54, 1.807) is 13.2 Å². The van der Waals surface area contributed by atoms with Crippen LogP contribution in [0.15, 0.2) is 66.7 Å². The van der Waals surface area contributed by atoms with Crippen molar-refractivity contribution in [3.05, 3.63) is 87.0 Å². The first-order chi connectivity index (χ1) is 18.0. The second-order valence-electron chi connectivity index (χ2n) is 8.41. The van der Waals surface area contributed by atoms with Gasteiger partial charge in [0.1, 0.15) is 18.4 Å². The second kappa shape index (κ2) is 12.9. The summed E-state index contributed by atoms with van der Waals surface area (Å²) in [5.41, 5.74) is 5.31. The number of alkyl carbamates (subject to hydrolysis) is 1. The van der Waals surface area contributed by atoms with Crippen LogP contribution in [0, 0.1) is 3.57 Å². The summed E-state index contributed by atoms with van der Waals surface area (Å²) in [6.07, 6.45) is -0.496. The molecule has 1 amide bonds. The van der Waals surface area contributed by atoms with Crippen LogP contribution in [0.5, 0.6) is 5.75 Å². The van der Waals surface area contributed by atoms with Crippen molar-refractivity contribution in [1.82, 2.24) is 5.32 Å². The number of methoxy groups -OCH3 is 2. The average molecular weight is 617 g/mol. The monoisotopic (exact) mass is 617 g/mol. The predicted molar refractivity (Wildman–Crippen MR) is 145 cm³/mol. The average Bonchev–Trinajstić information content (AvgIpc) is 3.23. The summed E-state index contributed by atoms with van der Waals surface area (Å²) < 4.78 is 26.9. The molecule has 0 spiro atoms. The summed E-state index contributed by atoms with van der Waals surface area (Å²) in [6.45, 7) is 0.0524. The lowest BCUT2D eigenvalue weighted by Crippen LogP contribution is -2.44. The number of carbonyl (C=O) groups excluding carboxylic acids is 2. The molecule has 3 aromatic carbocycles. The van der Waals surface area contributed by atoms with Crippen molar-refractivity contribution in [3.63, 3.8) is 0 Å². The molecule has 0 fully saturated rings. The largest absolute Gasteiger partial charge is 0.466 e. The number of ether oxygens (including phenoxy) is 5. The maximum absolute atomic E-state index is 12.8. The van der Waals surface area contributed by atoms with E-state index in [1.807, 2.05) is 48.5 Å². The van der Waals surface area contributed by atoms with E-state index in [9.17, 15) is 9.59 Å². The minimum atomic E-state index is -0.965. The van der Waals surface area contributed by atoms with Gasteiger partial charge in [0.2, 0.25) is 0 Å². The number of amides is 1. The zero-order valence-electron chi connectivity index (χ0n) is 20.6. The summed E-state index contributed by atoms with van der Waals surface area (Å²) >= 11 is 2.14. The summed E-state index contributed by atoms with van der Waals surface area (Å²) in [4.78, 5) is 25.5. The van der Waals surface area contributed by atoms with Crippen LogP contribution in [-0.2, 0) is 30.2 Å². The maximum Gasteiger partial charge on any atom is 0.407 e. The van der Waals surface area contributed by atoms with E-state index in [2.05, 4.69) is 40.0 Å². The lowest BCUT2D eigenvalue weighted by atomic mass is 9.98. The van der Waals surface area contributed by atoms with Gasteiger partial charge in [-0.2, -0.15) is 0 Å². The fourth-order valence-corrected chi connectivity index (χ4v) is 5.08. The fourth-order valence-electron chi connectivity index (χ4n) is 4.34. The van der Waals surface area contributed by atoms with Crippen LogP contribution in [0.2, 0.25) is 0 Å².